The number of carbonyl (C=O) groups excluding carboxylic acids is 1. The maximum absolute atomic E-state index is 11.4. The number of anilines is 1. The van der Waals surface area contributed by atoms with E-state index in [0.717, 1.165) is 13.1 Å². The molecule has 0 aliphatic carbocycles. The Morgan fingerprint density at radius 2 is 2.05 bits per heavy atom. The first-order valence-corrected chi connectivity index (χ1v) is 8.11. The summed E-state index contributed by atoms with van der Waals surface area (Å²) in [6.07, 6.45) is 0.559. The first-order valence-electron chi connectivity index (χ1n) is 7.29. The molecule has 1 aromatic rings. The number of amides is 1. The number of morpholine rings is 1. The number of carbonyl (C=O) groups is 2. The molecule has 0 spiro atoms. The van der Waals surface area contributed by atoms with Crippen molar-refractivity contribution in [2.75, 3.05) is 18.4 Å². The van der Waals surface area contributed by atoms with Crippen LogP contribution in [0.2, 0.25) is 0 Å². The second-order valence-corrected chi connectivity index (χ2v) is 6.53. The summed E-state index contributed by atoms with van der Waals surface area (Å²) in [5.41, 5.74) is 0.0169. The third-order valence-electron chi connectivity index (χ3n) is 3.33. The van der Waals surface area contributed by atoms with Crippen molar-refractivity contribution in [1.29, 1.82) is 0 Å². The predicted molar refractivity (Wildman–Crippen MR) is 83.3 cm³/mol. The fourth-order valence-electron chi connectivity index (χ4n) is 2.50. The van der Waals surface area contributed by atoms with Crippen LogP contribution in [0.15, 0.2) is 0 Å². The quantitative estimate of drug-likeness (QED) is 0.857. The van der Waals surface area contributed by atoms with Gasteiger partial charge in [-0.2, -0.15) is 0 Å². The van der Waals surface area contributed by atoms with Gasteiger partial charge < -0.3 is 15.2 Å². The van der Waals surface area contributed by atoms with Crippen molar-refractivity contribution in [2.24, 2.45) is 0 Å². The predicted octanol–water partition coefficient (Wildman–Crippen LogP) is 1.80. The summed E-state index contributed by atoms with van der Waals surface area (Å²) >= 11 is 1.22. The van der Waals surface area contributed by atoms with E-state index < -0.39 is 5.97 Å². The Morgan fingerprint density at radius 3 is 2.59 bits per heavy atom. The van der Waals surface area contributed by atoms with Crippen LogP contribution in [0.5, 0.6) is 0 Å². The number of carboxylic acid groups (broad SMARTS) is 1. The largest absolute Gasteiger partial charge is 0.476 e. The standard InChI is InChI=1S/C14H21N3O4S/c1-4-11(18)15-14-16-12(13(19)20)10(22-14)7-17-5-8(2)21-9(3)6-17/h8-9H,4-7H2,1-3H3,(H,19,20)(H,15,16,18). The van der Waals surface area contributed by atoms with Gasteiger partial charge in [0.05, 0.1) is 17.1 Å². The van der Waals surface area contributed by atoms with Gasteiger partial charge in [0.2, 0.25) is 5.91 Å². The molecule has 0 radical (unpaired) electrons. The smallest absolute Gasteiger partial charge is 0.355 e. The molecule has 122 valence electrons. The topological polar surface area (TPSA) is 91.8 Å². The number of aromatic nitrogens is 1. The van der Waals surface area contributed by atoms with E-state index in [1.54, 1.807) is 6.92 Å². The molecule has 0 saturated carbocycles. The van der Waals surface area contributed by atoms with E-state index in [9.17, 15) is 14.7 Å². The highest BCUT2D eigenvalue weighted by Gasteiger charge is 2.26. The minimum atomic E-state index is -1.07. The molecule has 22 heavy (non-hydrogen) atoms. The van der Waals surface area contributed by atoms with E-state index >= 15 is 0 Å². The number of thiazole rings is 1. The first-order chi connectivity index (χ1) is 10.4. The Morgan fingerprint density at radius 1 is 1.41 bits per heavy atom. The third kappa shape index (κ3) is 4.25. The molecule has 2 rings (SSSR count). The lowest BCUT2D eigenvalue weighted by Crippen LogP contribution is -2.44. The minimum absolute atomic E-state index is 0.0169. The molecule has 1 saturated heterocycles. The van der Waals surface area contributed by atoms with Gasteiger partial charge in [-0.15, -0.1) is 0 Å². The molecule has 2 unspecified atom stereocenters. The van der Waals surface area contributed by atoms with Gasteiger partial charge in [-0.3, -0.25) is 9.69 Å². The number of carboxylic acids is 1. The third-order valence-corrected chi connectivity index (χ3v) is 4.29. The second kappa shape index (κ2) is 7.17. The number of hydrogen-bond donors (Lipinski definition) is 2. The average Bonchev–Trinajstić information content (AvgIpc) is 2.80. The molecular weight excluding hydrogens is 306 g/mol. The SMILES string of the molecule is CCC(=O)Nc1nc(C(=O)O)c(CN2CC(C)OC(C)C2)s1. The van der Waals surface area contributed by atoms with Crippen LogP contribution in [0.4, 0.5) is 5.13 Å². The zero-order valence-corrected chi connectivity index (χ0v) is 13.8. The normalized spacial score (nSPS) is 22.5. The number of nitrogens with zero attached hydrogens (tertiary/aromatic N) is 2. The van der Waals surface area contributed by atoms with Crippen LogP contribution in [0.1, 0.15) is 42.6 Å². The summed E-state index contributed by atoms with van der Waals surface area (Å²) in [6, 6.07) is 0. The Hall–Kier alpha value is -1.51. The molecule has 1 fully saturated rings. The lowest BCUT2D eigenvalue weighted by Gasteiger charge is -2.35. The van der Waals surface area contributed by atoms with Gasteiger partial charge in [-0.1, -0.05) is 18.3 Å². The van der Waals surface area contributed by atoms with Crippen LogP contribution < -0.4 is 5.32 Å². The highest BCUT2D eigenvalue weighted by Crippen LogP contribution is 2.26. The Balaban J connectivity index is 2.14. The van der Waals surface area contributed by atoms with Crippen LogP contribution >= 0.6 is 11.3 Å². The second-order valence-electron chi connectivity index (χ2n) is 5.45. The van der Waals surface area contributed by atoms with Crippen LogP contribution in [-0.2, 0) is 16.1 Å². The van der Waals surface area contributed by atoms with E-state index in [2.05, 4.69) is 15.2 Å². The van der Waals surface area contributed by atoms with Crippen molar-refractivity contribution in [1.82, 2.24) is 9.88 Å². The summed E-state index contributed by atoms with van der Waals surface area (Å²) in [6.45, 7) is 7.73. The van der Waals surface area contributed by atoms with E-state index in [-0.39, 0.29) is 23.8 Å². The van der Waals surface area contributed by atoms with Crippen molar-refractivity contribution < 1.29 is 19.4 Å². The number of nitrogens with one attached hydrogen (secondary N) is 1. The van der Waals surface area contributed by atoms with Gasteiger partial charge >= 0.3 is 5.97 Å². The monoisotopic (exact) mass is 327 g/mol. The molecule has 1 aliphatic rings. The average molecular weight is 327 g/mol. The lowest BCUT2D eigenvalue weighted by atomic mass is 10.2. The lowest BCUT2D eigenvalue weighted by molar-refractivity contribution is -0.115. The highest BCUT2D eigenvalue weighted by atomic mass is 32.1. The summed E-state index contributed by atoms with van der Waals surface area (Å²) < 4.78 is 5.68. The Kier molecular flexibility index (Phi) is 5.49. The van der Waals surface area contributed by atoms with Crippen LogP contribution in [-0.4, -0.2) is 52.2 Å². The van der Waals surface area contributed by atoms with E-state index in [0.29, 0.717) is 23.0 Å². The molecule has 2 atom stereocenters. The molecule has 1 aliphatic heterocycles. The van der Waals surface area contributed by atoms with Gasteiger partial charge in [-0.25, -0.2) is 9.78 Å². The zero-order chi connectivity index (χ0) is 16.3. The van der Waals surface area contributed by atoms with Crippen molar-refractivity contribution in [3.05, 3.63) is 10.6 Å². The summed E-state index contributed by atoms with van der Waals surface area (Å²) in [5.74, 6) is -1.25. The molecule has 0 aromatic carbocycles. The van der Waals surface area contributed by atoms with Gasteiger partial charge in [-0.05, 0) is 13.8 Å². The fraction of sp³-hybridized carbons (Fsp3) is 0.643. The van der Waals surface area contributed by atoms with E-state index in [1.165, 1.54) is 11.3 Å². The van der Waals surface area contributed by atoms with E-state index in [4.69, 9.17) is 4.74 Å². The van der Waals surface area contributed by atoms with Gasteiger partial charge in [0.15, 0.2) is 10.8 Å². The number of hydrogen-bond acceptors (Lipinski definition) is 6. The molecular formula is C14H21N3O4S. The zero-order valence-electron chi connectivity index (χ0n) is 13.0. The summed E-state index contributed by atoms with van der Waals surface area (Å²) in [7, 11) is 0. The maximum Gasteiger partial charge on any atom is 0.355 e. The highest BCUT2D eigenvalue weighted by molar-refractivity contribution is 7.16. The van der Waals surface area contributed by atoms with Gasteiger partial charge in [0.25, 0.3) is 0 Å². The Labute approximate surface area is 133 Å². The van der Waals surface area contributed by atoms with Crippen molar-refractivity contribution in [2.45, 2.75) is 45.9 Å². The van der Waals surface area contributed by atoms with Gasteiger partial charge in [0.1, 0.15) is 0 Å². The van der Waals surface area contributed by atoms with Crippen LogP contribution in [0.25, 0.3) is 0 Å². The molecule has 2 heterocycles. The van der Waals surface area contributed by atoms with Crippen molar-refractivity contribution >= 4 is 28.3 Å². The van der Waals surface area contributed by atoms with Crippen molar-refractivity contribution in [3.63, 3.8) is 0 Å². The summed E-state index contributed by atoms with van der Waals surface area (Å²) in [5, 5.41) is 12.3. The Bertz CT molecular complexity index is 550. The van der Waals surface area contributed by atoms with Crippen LogP contribution in [0, 0.1) is 0 Å². The number of rotatable bonds is 5. The molecule has 8 heteroatoms. The molecule has 1 amide bonds. The summed E-state index contributed by atoms with van der Waals surface area (Å²) in [4.78, 5) is 29.6. The molecule has 1 aromatic heterocycles. The van der Waals surface area contributed by atoms with Gasteiger partial charge in [0, 0.05) is 26.1 Å². The maximum atomic E-state index is 11.4. The molecule has 7 nitrogen and oxygen atoms in total. The van der Waals surface area contributed by atoms with E-state index in [1.807, 2.05) is 13.8 Å². The van der Waals surface area contributed by atoms with Crippen molar-refractivity contribution in [3.8, 4) is 0 Å². The molecule has 0 bridgehead atoms. The minimum Gasteiger partial charge on any atom is -0.476 e. The number of aromatic carboxylic acids is 1. The molecule has 2 N–H and O–H groups in total. The number of ether oxygens (including phenoxy) is 1. The van der Waals surface area contributed by atoms with Crippen LogP contribution in [0.3, 0.4) is 0 Å². The fourth-order valence-corrected chi connectivity index (χ4v) is 3.52. The first kappa shape index (κ1) is 16.9.